The maximum atomic E-state index is 12.4. The molecule has 0 saturated carbocycles. The van der Waals surface area contributed by atoms with Crippen molar-refractivity contribution in [3.63, 3.8) is 0 Å². The van der Waals surface area contributed by atoms with Gasteiger partial charge in [0.2, 0.25) is 0 Å². The molecule has 0 bridgehead atoms. The molecule has 1 aromatic rings. The lowest BCUT2D eigenvalue weighted by atomic mass is 10.0. The molecule has 0 saturated heterocycles. The van der Waals surface area contributed by atoms with E-state index in [0.29, 0.717) is 19.4 Å². The first-order chi connectivity index (χ1) is 8.11. The average Bonchev–Trinajstić information content (AvgIpc) is 2.30. The van der Waals surface area contributed by atoms with E-state index >= 15 is 0 Å². The third-order valence-electron chi connectivity index (χ3n) is 2.52. The molecule has 1 rings (SSSR count). The van der Waals surface area contributed by atoms with E-state index in [9.17, 15) is 4.57 Å². The minimum atomic E-state index is -2.94. The lowest BCUT2D eigenvalue weighted by molar-refractivity contribution is 0.219. The van der Waals surface area contributed by atoms with Gasteiger partial charge in [-0.1, -0.05) is 37.3 Å². The van der Waals surface area contributed by atoms with Crippen molar-refractivity contribution in [2.45, 2.75) is 26.7 Å². The first-order valence-electron chi connectivity index (χ1n) is 6.04. The van der Waals surface area contributed by atoms with Gasteiger partial charge in [0.15, 0.2) is 0 Å². The van der Waals surface area contributed by atoms with Crippen molar-refractivity contribution in [2.24, 2.45) is 0 Å². The Hall–Kier alpha value is -0.630. The van der Waals surface area contributed by atoms with Crippen LogP contribution in [-0.4, -0.2) is 19.4 Å². The van der Waals surface area contributed by atoms with Gasteiger partial charge in [0, 0.05) is 0 Å². The normalized spacial score (nSPS) is 13.6. The summed E-state index contributed by atoms with van der Waals surface area (Å²) in [6, 6.07) is 10.0. The second-order valence-corrected chi connectivity index (χ2v) is 6.04. The second-order valence-electron chi connectivity index (χ2n) is 3.94. The number of hydrogen-bond donors (Lipinski definition) is 0. The maximum Gasteiger partial charge on any atom is 0.331 e. The summed E-state index contributed by atoms with van der Waals surface area (Å²) in [6.45, 7) is 6.54. The van der Waals surface area contributed by atoms with Crippen molar-refractivity contribution in [1.29, 1.82) is 0 Å². The highest BCUT2D eigenvalue weighted by Crippen LogP contribution is 2.51. The maximum absolute atomic E-state index is 12.4. The van der Waals surface area contributed by atoms with Crippen molar-refractivity contribution >= 4 is 7.60 Å². The zero-order valence-corrected chi connectivity index (χ0v) is 11.7. The lowest BCUT2D eigenvalue weighted by Gasteiger charge is -2.20. The van der Waals surface area contributed by atoms with Crippen LogP contribution in [0, 0.1) is 0 Å². The van der Waals surface area contributed by atoms with Crippen LogP contribution in [0.3, 0.4) is 0 Å². The van der Waals surface area contributed by atoms with Crippen molar-refractivity contribution in [3.05, 3.63) is 35.9 Å². The molecule has 17 heavy (non-hydrogen) atoms. The molecule has 0 aromatic heterocycles. The minimum absolute atomic E-state index is 0.167. The Morgan fingerprint density at radius 1 is 1.12 bits per heavy atom. The van der Waals surface area contributed by atoms with Crippen LogP contribution < -0.4 is 0 Å². The van der Waals surface area contributed by atoms with E-state index in [4.69, 9.17) is 9.05 Å². The lowest BCUT2D eigenvalue weighted by Crippen LogP contribution is -2.06. The Kier molecular flexibility index (Phi) is 5.90. The Morgan fingerprint density at radius 3 is 2.12 bits per heavy atom. The first-order valence-corrected chi connectivity index (χ1v) is 7.77. The molecule has 0 fully saturated rings. The fourth-order valence-corrected chi connectivity index (χ4v) is 3.71. The minimum Gasteiger partial charge on any atom is -0.309 e. The van der Waals surface area contributed by atoms with Gasteiger partial charge in [-0.2, -0.15) is 0 Å². The Balaban J connectivity index is 2.71. The van der Waals surface area contributed by atoms with Gasteiger partial charge in [-0.3, -0.25) is 4.57 Å². The van der Waals surface area contributed by atoms with Crippen molar-refractivity contribution in [2.75, 3.05) is 19.4 Å². The number of rotatable bonds is 7. The summed E-state index contributed by atoms with van der Waals surface area (Å²) in [5.74, 6) is 0.167. The van der Waals surface area contributed by atoms with E-state index in [1.54, 1.807) is 0 Å². The molecule has 1 aromatic carbocycles. The van der Waals surface area contributed by atoms with Crippen LogP contribution >= 0.6 is 7.60 Å². The number of hydrogen-bond acceptors (Lipinski definition) is 3. The Labute approximate surface area is 104 Å². The molecule has 1 unspecified atom stereocenters. The molecule has 0 N–H and O–H groups in total. The third-order valence-corrected chi connectivity index (χ3v) is 4.82. The van der Waals surface area contributed by atoms with E-state index < -0.39 is 7.60 Å². The highest BCUT2D eigenvalue weighted by atomic mass is 31.2. The summed E-state index contributed by atoms with van der Waals surface area (Å²) in [7, 11) is -2.94. The van der Waals surface area contributed by atoms with Crippen LogP contribution in [0.2, 0.25) is 0 Å². The van der Waals surface area contributed by atoms with Gasteiger partial charge in [-0.05, 0) is 25.3 Å². The smallest absolute Gasteiger partial charge is 0.309 e. The van der Waals surface area contributed by atoms with Gasteiger partial charge >= 0.3 is 7.60 Å². The highest BCUT2D eigenvalue weighted by Gasteiger charge is 2.26. The van der Waals surface area contributed by atoms with Gasteiger partial charge < -0.3 is 9.05 Å². The molecule has 96 valence electrons. The van der Waals surface area contributed by atoms with E-state index in [2.05, 4.69) is 0 Å². The topological polar surface area (TPSA) is 35.5 Å². The Bertz CT molecular complexity index is 354. The fourth-order valence-electron chi connectivity index (χ4n) is 1.76. The predicted octanol–water partition coefficient (Wildman–Crippen LogP) is 4.06. The molecule has 0 aliphatic rings. The summed E-state index contributed by atoms with van der Waals surface area (Å²) >= 11 is 0. The van der Waals surface area contributed by atoms with Gasteiger partial charge in [0.25, 0.3) is 0 Å². The zero-order valence-electron chi connectivity index (χ0n) is 10.8. The molecule has 0 radical (unpaired) electrons. The van der Waals surface area contributed by atoms with E-state index in [0.717, 1.165) is 5.56 Å². The molecular weight excluding hydrogens is 235 g/mol. The van der Waals surface area contributed by atoms with Crippen molar-refractivity contribution in [3.8, 4) is 0 Å². The second kappa shape index (κ2) is 6.95. The van der Waals surface area contributed by atoms with Crippen LogP contribution in [-0.2, 0) is 13.6 Å². The van der Waals surface area contributed by atoms with Crippen LogP contribution in [0.15, 0.2) is 30.3 Å². The SMILES string of the molecule is CCOP(=O)(CC(C)c1ccccc1)OCC. The Morgan fingerprint density at radius 2 is 1.65 bits per heavy atom. The zero-order chi connectivity index (χ0) is 12.7. The van der Waals surface area contributed by atoms with E-state index in [1.165, 1.54) is 0 Å². The molecule has 4 heteroatoms. The third kappa shape index (κ3) is 4.63. The van der Waals surface area contributed by atoms with E-state index in [-0.39, 0.29) is 5.92 Å². The quantitative estimate of drug-likeness (QED) is 0.690. The van der Waals surface area contributed by atoms with Crippen molar-refractivity contribution in [1.82, 2.24) is 0 Å². The highest BCUT2D eigenvalue weighted by molar-refractivity contribution is 7.53. The fraction of sp³-hybridized carbons (Fsp3) is 0.538. The summed E-state index contributed by atoms with van der Waals surface area (Å²) < 4.78 is 22.9. The first kappa shape index (κ1) is 14.4. The molecule has 0 aliphatic carbocycles. The monoisotopic (exact) mass is 256 g/mol. The summed E-state index contributed by atoms with van der Waals surface area (Å²) in [5.41, 5.74) is 1.16. The van der Waals surface area contributed by atoms with E-state index in [1.807, 2.05) is 51.1 Å². The molecular formula is C13H21O3P. The van der Waals surface area contributed by atoms with Gasteiger partial charge in [0.1, 0.15) is 0 Å². The summed E-state index contributed by atoms with van der Waals surface area (Å²) in [4.78, 5) is 0. The number of benzene rings is 1. The molecule has 1 atom stereocenters. The molecule has 0 spiro atoms. The van der Waals surface area contributed by atoms with Gasteiger partial charge in [-0.15, -0.1) is 0 Å². The standard InChI is InChI=1S/C13H21O3P/c1-4-15-17(14,16-5-2)11-12(3)13-9-7-6-8-10-13/h6-10,12H,4-5,11H2,1-3H3. The predicted molar refractivity (Wildman–Crippen MR) is 70.6 cm³/mol. The van der Waals surface area contributed by atoms with Crippen LogP contribution in [0.4, 0.5) is 0 Å². The largest absolute Gasteiger partial charge is 0.331 e. The summed E-state index contributed by atoms with van der Waals surface area (Å²) in [6.07, 6.45) is 0.429. The van der Waals surface area contributed by atoms with Crippen LogP contribution in [0.1, 0.15) is 32.3 Å². The van der Waals surface area contributed by atoms with Crippen molar-refractivity contribution < 1.29 is 13.6 Å². The van der Waals surface area contributed by atoms with Gasteiger partial charge in [-0.25, -0.2) is 0 Å². The van der Waals surface area contributed by atoms with Crippen LogP contribution in [0.5, 0.6) is 0 Å². The molecule has 0 aliphatic heterocycles. The average molecular weight is 256 g/mol. The molecule has 3 nitrogen and oxygen atoms in total. The van der Waals surface area contributed by atoms with Crippen LogP contribution in [0.25, 0.3) is 0 Å². The molecule has 0 heterocycles. The molecule has 0 amide bonds. The summed E-state index contributed by atoms with van der Waals surface area (Å²) in [5, 5.41) is 0. The van der Waals surface area contributed by atoms with Gasteiger partial charge in [0.05, 0.1) is 19.4 Å².